The molecular formula is C20H20N2O5. The van der Waals surface area contributed by atoms with Crippen LogP contribution in [0.25, 0.3) is 0 Å². The Morgan fingerprint density at radius 1 is 1.22 bits per heavy atom. The van der Waals surface area contributed by atoms with Crippen molar-refractivity contribution in [2.45, 2.75) is 19.4 Å². The summed E-state index contributed by atoms with van der Waals surface area (Å²) in [5.41, 5.74) is 1.28. The van der Waals surface area contributed by atoms with Gasteiger partial charge in [-0.05, 0) is 43.2 Å². The maximum Gasteiger partial charge on any atom is 0.335 e. The van der Waals surface area contributed by atoms with E-state index < -0.39 is 12.1 Å². The van der Waals surface area contributed by atoms with Gasteiger partial charge in [-0.3, -0.25) is 4.79 Å². The highest BCUT2D eigenvalue weighted by Gasteiger charge is 2.16. The molecule has 2 N–H and O–H groups in total. The first-order valence-electron chi connectivity index (χ1n) is 8.30. The van der Waals surface area contributed by atoms with Crippen LogP contribution in [0.1, 0.15) is 28.4 Å². The largest absolute Gasteiger partial charge is 0.496 e. The highest BCUT2D eigenvalue weighted by Crippen LogP contribution is 2.21. The zero-order chi connectivity index (χ0) is 19.8. The molecule has 2 aromatic rings. The van der Waals surface area contributed by atoms with Crippen LogP contribution >= 0.6 is 0 Å². The SMILES string of the molecule is COc1cc(C(=O)O)ccc1CCNC(=O)C(C)Oc1ccccc1C#N. The van der Waals surface area contributed by atoms with Gasteiger partial charge in [0.15, 0.2) is 6.10 Å². The third-order valence-electron chi connectivity index (χ3n) is 3.91. The van der Waals surface area contributed by atoms with Crippen molar-refractivity contribution in [2.24, 2.45) is 0 Å². The van der Waals surface area contributed by atoms with Crippen molar-refractivity contribution in [1.29, 1.82) is 5.26 Å². The number of amides is 1. The molecule has 2 aromatic carbocycles. The molecule has 1 amide bonds. The van der Waals surface area contributed by atoms with Gasteiger partial charge in [0.05, 0.1) is 18.2 Å². The van der Waals surface area contributed by atoms with E-state index in [2.05, 4.69) is 5.32 Å². The van der Waals surface area contributed by atoms with Crippen LogP contribution in [0.5, 0.6) is 11.5 Å². The fourth-order valence-corrected chi connectivity index (χ4v) is 2.45. The summed E-state index contributed by atoms with van der Waals surface area (Å²) in [7, 11) is 1.46. The van der Waals surface area contributed by atoms with Gasteiger partial charge >= 0.3 is 5.97 Å². The standard InChI is InChI=1S/C20H20N2O5/c1-13(27-17-6-4-3-5-16(17)12-21)19(23)22-10-9-14-7-8-15(20(24)25)11-18(14)26-2/h3-8,11,13H,9-10H2,1-2H3,(H,22,23)(H,24,25). The second kappa shape index (κ2) is 9.25. The van der Waals surface area contributed by atoms with E-state index in [1.807, 2.05) is 6.07 Å². The van der Waals surface area contributed by atoms with Crippen LogP contribution in [0.4, 0.5) is 0 Å². The number of rotatable bonds is 8. The molecular weight excluding hydrogens is 348 g/mol. The Bertz CT molecular complexity index is 873. The Hall–Kier alpha value is -3.53. The van der Waals surface area contributed by atoms with Gasteiger partial charge < -0.3 is 19.9 Å². The Labute approximate surface area is 157 Å². The van der Waals surface area contributed by atoms with Crippen molar-refractivity contribution in [2.75, 3.05) is 13.7 Å². The van der Waals surface area contributed by atoms with Crippen molar-refractivity contribution in [3.63, 3.8) is 0 Å². The van der Waals surface area contributed by atoms with Gasteiger partial charge in [0.25, 0.3) is 5.91 Å². The van der Waals surface area contributed by atoms with Gasteiger partial charge in [-0.1, -0.05) is 18.2 Å². The summed E-state index contributed by atoms with van der Waals surface area (Å²) in [6.07, 6.45) is -0.299. The van der Waals surface area contributed by atoms with Gasteiger partial charge in [-0.25, -0.2) is 4.79 Å². The molecule has 7 nitrogen and oxygen atoms in total. The summed E-state index contributed by atoms with van der Waals surface area (Å²) in [4.78, 5) is 23.2. The molecule has 140 valence electrons. The van der Waals surface area contributed by atoms with Crippen LogP contribution in [-0.4, -0.2) is 36.7 Å². The van der Waals surface area contributed by atoms with Crippen molar-refractivity contribution >= 4 is 11.9 Å². The van der Waals surface area contributed by atoms with E-state index in [9.17, 15) is 9.59 Å². The predicted octanol–water partition coefficient (Wildman–Crippen LogP) is 2.39. The van der Waals surface area contributed by atoms with E-state index in [0.29, 0.717) is 30.0 Å². The number of hydrogen-bond acceptors (Lipinski definition) is 5. The van der Waals surface area contributed by atoms with E-state index in [1.54, 1.807) is 37.3 Å². The minimum absolute atomic E-state index is 0.137. The summed E-state index contributed by atoms with van der Waals surface area (Å²) in [5.74, 6) is -0.536. The summed E-state index contributed by atoms with van der Waals surface area (Å²) in [5, 5.41) is 20.8. The van der Waals surface area contributed by atoms with Crippen LogP contribution in [0.2, 0.25) is 0 Å². The summed E-state index contributed by atoms with van der Waals surface area (Å²) >= 11 is 0. The maximum atomic E-state index is 12.2. The van der Waals surface area contributed by atoms with E-state index in [-0.39, 0.29) is 11.5 Å². The van der Waals surface area contributed by atoms with E-state index >= 15 is 0 Å². The molecule has 0 radical (unpaired) electrons. The fraction of sp³-hybridized carbons (Fsp3) is 0.250. The molecule has 2 rings (SSSR count). The Morgan fingerprint density at radius 2 is 1.96 bits per heavy atom. The lowest BCUT2D eigenvalue weighted by Gasteiger charge is -2.16. The lowest BCUT2D eigenvalue weighted by atomic mass is 10.1. The van der Waals surface area contributed by atoms with Crippen LogP contribution in [0.15, 0.2) is 42.5 Å². The predicted molar refractivity (Wildman–Crippen MR) is 97.9 cm³/mol. The molecule has 1 atom stereocenters. The fourth-order valence-electron chi connectivity index (χ4n) is 2.45. The number of aromatic carboxylic acids is 1. The van der Waals surface area contributed by atoms with Crippen molar-refractivity contribution in [1.82, 2.24) is 5.32 Å². The number of carboxylic acids is 1. The average Bonchev–Trinajstić information content (AvgIpc) is 2.68. The number of carbonyl (C=O) groups excluding carboxylic acids is 1. The number of benzene rings is 2. The number of carbonyl (C=O) groups is 2. The second-order valence-corrected chi connectivity index (χ2v) is 5.74. The van der Waals surface area contributed by atoms with Gasteiger partial charge in [-0.2, -0.15) is 5.26 Å². The number of nitriles is 1. The van der Waals surface area contributed by atoms with Gasteiger partial charge in [-0.15, -0.1) is 0 Å². The molecule has 0 bridgehead atoms. The number of carboxylic acid groups (broad SMARTS) is 1. The van der Waals surface area contributed by atoms with Gasteiger partial charge in [0, 0.05) is 6.54 Å². The molecule has 1 unspecified atom stereocenters. The highest BCUT2D eigenvalue weighted by molar-refractivity contribution is 5.88. The summed E-state index contributed by atoms with van der Waals surface area (Å²) in [6, 6.07) is 13.3. The average molecular weight is 368 g/mol. The first-order valence-corrected chi connectivity index (χ1v) is 8.30. The monoisotopic (exact) mass is 368 g/mol. The molecule has 0 saturated heterocycles. The lowest BCUT2D eigenvalue weighted by molar-refractivity contribution is -0.127. The molecule has 0 aliphatic heterocycles. The van der Waals surface area contributed by atoms with Crippen molar-refractivity contribution < 1.29 is 24.2 Å². The third-order valence-corrected chi connectivity index (χ3v) is 3.91. The highest BCUT2D eigenvalue weighted by atomic mass is 16.5. The van der Waals surface area contributed by atoms with Crippen LogP contribution in [0.3, 0.4) is 0 Å². The number of nitrogens with zero attached hydrogens (tertiary/aromatic N) is 1. The first-order chi connectivity index (χ1) is 13.0. The zero-order valence-electron chi connectivity index (χ0n) is 15.1. The lowest BCUT2D eigenvalue weighted by Crippen LogP contribution is -2.37. The van der Waals surface area contributed by atoms with E-state index in [4.69, 9.17) is 19.8 Å². The summed E-state index contributed by atoms with van der Waals surface area (Å²) < 4.78 is 10.8. The normalized spacial score (nSPS) is 11.1. The molecule has 0 aromatic heterocycles. The number of nitrogens with one attached hydrogen (secondary N) is 1. The Balaban J connectivity index is 1.92. The molecule has 7 heteroatoms. The van der Waals surface area contributed by atoms with E-state index in [1.165, 1.54) is 19.2 Å². The van der Waals surface area contributed by atoms with E-state index in [0.717, 1.165) is 5.56 Å². The smallest absolute Gasteiger partial charge is 0.335 e. The van der Waals surface area contributed by atoms with Crippen LogP contribution in [-0.2, 0) is 11.2 Å². The number of methoxy groups -OCH3 is 1. The van der Waals surface area contributed by atoms with Gasteiger partial charge in [0.2, 0.25) is 0 Å². The van der Waals surface area contributed by atoms with Crippen molar-refractivity contribution in [3.8, 4) is 17.6 Å². The zero-order valence-corrected chi connectivity index (χ0v) is 15.1. The molecule has 0 fully saturated rings. The van der Waals surface area contributed by atoms with Crippen LogP contribution < -0.4 is 14.8 Å². The minimum atomic E-state index is -1.03. The third kappa shape index (κ3) is 5.22. The quantitative estimate of drug-likeness (QED) is 0.741. The molecule has 0 aliphatic rings. The summed E-state index contributed by atoms with van der Waals surface area (Å²) in [6.45, 7) is 1.93. The number of hydrogen-bond donors (Lipinski definition) is 2. The first kappa shape index (κ1) is 19.8. The molecule has 0 spiro atoms. The number of para-hydroxylation sites is 1. The minimum Gasteiger partial charge on any atom is -0.496 e. The topological polar surface area (TPSA) is 109 Å². The Kier molecular flexibility index (Phi) is 6.78. The maximum absolute atomic E-state index is 12.2. The molecule has 27 heavy (non-hydrogen) atoms. The molecule has 0 aliphatic carbocycles. The molecule has 0 saturated carbocycles. The molecule has 0 heterocycles. The van der Waals surface area contributed by atoms with Crippen molar-refractivity contribution in [3.05, 3.63) is 59.2 Å². The number of ether oxygens (including phenoxy) is 2. The van der Waals surface area contributed by atoms with Gasteiger partial charge in [0.1, 0.15) is 17.6 Å². The van der Waals surface area contributed by atoms with Crippen LogP contribution in [0, 0.1) is 11.3 Å². The Morgan fingerprint density at radius 3 is 2.63 bits per heavy atom. The second-order valence-electron chi connectivity index (χ2n) is 5.74.